The maximum Gasteiger partial charge on any atom is 0.271 e. The quantitative estimate of drug-likeness (QED) is 0.730. The second-order valence-electron chi connectivity index (χ2n) is 5.39. The molecule has 1 unspecified atom stereocenters. The Balaban J connectivity index is 1.62. The van der Waals surface area contributed by atoms with Crippen molar-refractivity contribution in [3.05, 3.63) is 57.5 Å². The van der Waals surface area contributed by atoms with Gasteiger partial charge in [0.25, 0.3) is 5.56 Å². The van der Waals surface area contributed by atoms with Crippen molar-refractivity contribution in [1.82, 2.24) is 9.55 Å². The van der Waals surface area contributed by atoms with Crippen LogP contribution in [0.1, 0.15) is 11.1 Å². The van der Waals surface area contributed by atoms with Crippen LogP contribution in [0.5, 0.6) is 5.75 Å². The van der Waals surface area contributed by atoms with Gasteiger partial charge in [-0.15, -0.1) is 11.3 Å². The minimum atomic E-state index is -0.00119. The molecule has 5 heteroatoms. The average molecular weight is 298 g/mol. The number of thiophene rings is 1. The molecule has 4 rings (SSSR count). The third-order valence-electron chi connectivity index (χ3n) is 3.79. The maximum absolute atomic E-state index is 12.4. The molecular formula is C16H14N2O2S. The molecule has 0 saturated carbocycles. The summed E-state index contributed by atoms with van der Waals surface area (Å²) in [5.74, 6) is 0.934. The van der Waals surface area contributed by atoms with Gasteiger partial charge in [0.05, 0.1) is 18.4 Å². The number of rotatable bonds is 2. The summed E-state index contributed by atoms with van der Waals surface area (Å²) in [6.07, 6.45) is 2.46. The van der Waals surface area contributed by atoms with Gasteiger partial charge in [0.15, 0.2) is 0 Å². The van der Waals surface area contributed by atoms with Gasteiger partial charge in [-0.05, 0) is 30.0 Å². The molecule has 1 aromatic carbocycles. The van der Waals surface area contributed by atoms with E-state index in [0.29, 0.717) is 11.2 Å². The Bertz CT molecular complexity index is 881. The molecule has 0 bridgehead atoms. The topological polar surface area (TPSA) is 44.1 Å². The zero-order valence-electron chi connectivity index (χ0n) is 11.6. The van der Waals surface area contributed by atoms with Gasteiger partial charge in [-0.1, -0.05) is 17.7 Å². The SMILES string of the molecule is Cc1ccc2c(c1)CC(Cn1cnc3ccsc3c1=O)O2. The number of hydrogen-bond acceptors (Lipinski definition) is 4. The number of fused-ring (bicyclic) bond motifs is 2. The van der Waals surface area contributed by atoms with Crippen LogP contribution in [0.2, 0.25) is 0 Å². The zero-order valence-corrected chi connectivity index (χ0v) is 12.4. The third-order valence-corrected chi connectivity index (χ3v) is 4.68. The van der Waals surface area contributed by atoms with Gasteiger partial charge in [0.1, 0.15) is 16.6 Å². The number of benzene rings is 1. The van der Waals surface area contributed by atoms with Crippen LogP contribution in [0.3, 0.4) is 0 Å². The van der Waals surface area contributed by atoms with Crippen LogP contribution in [-0.4, -0.2) is 15.7 Å². The van der Waals surface area contributed by atoms with Crippen molar-refractivity contribution in [3.63, 3.8) is 0 Å². The van der Waals surface area contributed by atoms with E-state index in [1.165, 1.54) is 22.5 Å². The molecule has 0 spiro atoms. The smallest absolute Gasteiger partial charge is 0.271 e. The van der Waals surface area contributed by atoms with Gasteiger partial charge >= 0.3 is 0 Å². The van der Waals surface area contributed by atoms with Gasteiger partial charge in [0.2, 0.25) is 0 Å². The molecule has 1 aliphatic rings. The molecule has 0 fully saturated rings. The summed E-state index contributed by atoms with van der Waals surface area (Å²) in [6, 6.07) is 8.08. The average Bonchev–Trinajstić information content (AvgIpc) is 3.07. The van der Waals surface area contributed by atoms with Crippen LogP contribution in [0, 0.1) is 6.92 Å². The van der Waals surface area contributed by atoms with Crippen molar-refractivity contribution in [2.24, 2.45) is 0 Å². The van der Waals surface area contributed by atoms with E-state index in [1.807, 2.05) is 23.6 Å². The molecule has 1 atom stereocenters. The van der Waals surface area contributed by atoms with E-state index in [9.17, 15) is 4.79 Å². The van der Waals surface area contributed by atoms with Crippen LogP contribution in [0.25, 0.3) is 10.2 Å². The summed E-state index contributed by atoms with van der Waals surface area (Å²) in [5, 5.41) is 1.90. The molecule has 0 aliphatic carbocycles. The Morgan fingerprint density at radius 1 is 1.43 bits per heavy atom. The molecule has 3 aromatic rings. The Hall–Kier alpha value is -2.14. The Labute approximate surface area is 125 Å². The minimum absolute atomic E-state index is 0.00119. The van der Waals surface area contributed by atoms with Crippen molar-refractivity contribution >= 4 is 21.6 Å². The molecular weight excluding hydrogens is 284 g/mol. The van der Waals surface area contributed by atoms with Gasteiger partial charge < -0.3 is 4.74 Å². The second kappa shape index (κ2) is 4.70. The van der Waals surface area contributed by atoms with E-state index < -0.39 is 0 Å². The first-order chi connectivity index (χ1) is 10.2. The van der Waals surface area contributed by atoms with E-state index in [-0.39, 0.29) is 11.7 Å². The predicted molar refractivity (Wildman–Crippen MR) is 83.2 cm³/mol. The van der Waals surface area contributed by atoms with E-state index in [1.54, 1.807) is 10.9 Å². The van der Waals surface area contributed by atoms with Crippen LogP contribution in [0.15, 0.2) is 40.8 Å². The number of aromatic nitrogens is 2. The standard InChI is InChI=1S/C16H14N2O2S/c1-10-2-3-14-11(6-10)7-12(20-14)8-18-9-17-13-4-5-21-15(13)16(18)19/h2-6,9,12H,7-8H2,1H3. The summed E-state index contributed by atoms with van der Waals surface area (Å²) >= 11 is 1.44. The van der Waals surface area contributed by atoms with Crippen LogP contribution >= 0.6 is 11.3 Å². The Morgan fingerprint density at radius 3 is 3.24 bits per heavy atom. The van der Waals surface area contributed by atoms with E-state index in [2.05, 4.69) is 18.0 Å². The highest BCUT2D eigenvalue weighted by molar-refractivity contribution is 7.17. The highest BCUT2D eigenvalue weighted by Gasteiger charge is 2.23. The Kier molecular flexibility index (Phi) is 2.82. The molecule has 106 valence electrons. The number of nitrogens with zero attached hydrogens (tertiary/aromatic N) is 2. The maximum atomic E-state index is 12.4. The first-order valence-electron chi connectivity index (χ1n) is 6.89. The van der Waals surface area contributed by atoms with Gasteiger partial charge in [-0.3, -0.25) is 9.36 Å². The van der Waals surface area contributed by atoms with E-state index in [0.717, 1.165) is 17.7 Å². The van der Waals surface area contributed by atoms with Gasteiger partial charge in [0, 0.05) is 6.42 Å². The summed E-state index contributed by atoms with van der Waals surface area (Å²) in [5.41, 5.74) is 3.24. The summed E-state index contributed by atoms with van der Waals surface area (Å²) in [4.78, 5) is 16.7. The number of ether oxygens (including phenoxy) is 1. The highest BCUT2D eigenvalue weighted by atomic mass is 32.1. The molecule has 4 nitrogen and oxygen atoms in total. The van der Waals surface area contributed by atoms with Crippen molar-refractivity contribution in [2.45, 2.75) is 26.0 Å². The van der Waals surface area contributed by atoms with E-state index in [4.69, 9.17) is 4.74 Å². The summed E-state index contributed by atoms with van der Waals surface area (Å²) in [6.45, 7) is 2.61. The predicted octanol–water partition coefficient (Wildman–Crippen LogP) is 2.77. The highest BCUT2D eigenvalue weighted by Crippen LogP contribution is 2.30. The summed E-state index contributed by atoms with van der Waals surface area (Å²) < 4.78 is 8.30. The van der Waals surface area contributed by atoms with Crippen molar-refractivity contribution in [1.29, 1.82) is 0 Å². The summed E-state index contributed by atoms with van der Waals surface area (Å²) in [7, 11) is 0. The zero-order chi connectivity index (χ0) is 14.4. The molecule has 0 radical (unpaired) electrons. The number of aryl methyl sites for hydroxylation is 1. The second-order valence-corrected chi connectivity index (χ2v) is 6.31. The molecule has 2 aromatic heterocycles. The lowest BCUT2D eigenvalue weighted by molar-refractivity contribution is 0.207. The molecule has 1 aliphatic heterocycles. The van der Waals surface area contributed by atoms with E-state index >= 15 is 0 Å². The fraction of sp³-hybridized carbons (Fsp3) is 0.250. The molecule has 21 heavy (non-hydrogen) atoms. The van der Waals surface area contributed by atoms with Crippen LogP contribution < -0.4 is 10.3 Å². The monoisotopic (exact) mass is 298 g/mol. The van der Waals surface area contributed by atoms with Crippen molar-refractivity contribution in [2.75, 3.05) is 0 Å². The molecule has 0 saturated heterocycles. The van der Waals surface area contributed by atoms with Gasteiger partial charge in [-0.2, -0.15) is 0 Å². The normalized spacial score (nSPS) is 16.9. The fourth-order valence-corrected chi connectivity index (χ4v) is 3.57. The molecule has 0 N–H and O–H groups in total. The first-order valence-corrected chi connectivity index (χ1v) is 7.77. The van der Waals surface area contributed by atoms with Crippen molar-refractivity contribution in [3.8, 4) is 5.75 Å². The lowest BCUT2D eigenvalue weighted by atomic mass is 10.1. The fourth-order valence-electron chi connectivity index (χ4n) is 2.78. The van der Waals surface area contributed by atoms with Crippen LogP contribution in [-0.2, 0) is 13.0 Å². The minimum Gasteiger partial charge on any atom is -0.488 e. The lowest BCUT2D eigenvalue weighted by Crippen LogP contribution is -2.28. The molecule has 3 heterocycles. The Morgan fingerprint density at radius 2 is 2.33 bits per heavy atom. The van der Waals surface area contributed by atoms with Crippen molar-refractivity contribution < 1.29 is 4.74 Å². The third kappa shape index (κ3) is 2.14. The molecule has 0 amide bonds. The van der Waals surface area contributed by atoms with Crippen LogP contribution in [0.4, 0.5) is 0 Å². The largest absolute Gasteiger partial charge is 0.488 e. The first kappa shape index (κ1) is 12.6. The van der Waals surface area contributed by atoms with Gasteiger partial charge in [-0.25, -0.2) is 4.98 Å². The lowest BCUT2D eigenvalue weighted by Gasteiger charge is -2.12. The number of hydrogen-bond donors (Lipinski definition) is 0.